The standard InChI is InChI=1S/2C14H24ClN5O/c2*1-3-6-17-11-8-16-7-5-10(11)19-14(21)13-18-9(4-2)12(15)20-13/h2*10-11,16-17H,3-8H2,1-2H3,(H,18,20)(H,19,21). The summed E-state index contributed by atoms with van der Waals surface area (Å²) in [6.07, 6.45) is 5.42. The second kappa shape index (κ2) is 17.8. The van der Waals surface area contributed by atoms with Gasteiger partial charge < -0.3 is 41.9 Å². The van der Waals surface area contributed by atoms with Crippen LogP contribution in [0.25, 0.3) is 0 Å². The maximum absolute atomic E-state index is 12.3. The van der Waals surface area contributed by atoms with Crippen molar-refractivity contribution >= 4 is 35.0 Å². The Hall–Kier alpha value is -2.22. The minimum absolute atomic E-state index is 0.110. The number of imidazole rings is 2. The summed E-state index contributed by atoms with van der Waals surface area (Å²) in [4.78, 5) is 38.8. The van der Waals surface area contributed by atoms with Gasteiger partial charge in [-0.1, -0.05) is 50.9 Å². The molecule has 2 amide bonds. The Labute approximate surface area is 259 Å². The summed E-state index contributed by atoms with van der Waals surface area (Å²) in [5, 5.41) is 20.5. The molecule has 2 aliphatic rings. The molecule has 4 atom stereocenters. The molecule has 0 saturated carbocycles. The van der Waals surface area contributed by atoms with Crippen LogP contribution in [0.4, 0.5) is 0 Å². The van der Waals surface area contributed by atoms with Crippen molar-refractivity contribution in [2.75, 3.05) is 39.3 Å². The highest BCUT2D eigenvalue weighted by Crippen LogP contribution is 2.15. The molecule has 8 N–H and O–H groups in total. The number of carbonyl (C=O) groups excluding carboxylic acids is 2. The van der Waals surface area contributed by atoms with Crippen molar-refractivity contribution in [2.45, 2.75) is 90.4 Å². The van der Waals surface area contributed by atoms with Crippen molar-refractivity contribution in [1.82, 2.24) is 51.8 Å². The van der Waals surface area contributed by atoms with Crippen molar-refractivity contribution in [3.63, 3.8) is 0 Å². The molecule has 236 valence electrons. The van der Waals surface area contributed by atoms with Gasteiger partial charge in [0.1, 0.15) is 0 Å². The predicted molar refractivity (Wildman–Crippen MR) is 168 cm³/mol. The summed E-state index contributed by atoms with van der Waals surface area (Å²) >= 11 is 12.0. The first kappa shape index (κ1) is 34.3. The molecule has 0 radical (unpaired) electrons. The molecule has 2 saturated heterocycles. The van der Waals surface area contributed by atoms with Crippen molar-refractivity contribution in [3.8, 4) is 0 Å². The molecule has 0 bridgehead atoms. The van der Waals surface area contributed by atoms with Gasteiger partial charge in [0.05, 0.1) is 11.4 Å². The van der Waals surface area contributed by atoms with Crippen LogP contribution in [0.3, 0.4) is 0 Å². The second-order valence-electron chi connectivity index (χ2n) is 10.7. The molecular weight excluding hydrogens is 579 g/mol. The molecule has 2 aromatic heterocycles. The van der Waals surface area contributed by atoms with Gasteiger partial charge >= 0.3 is 0 Å². The number of hydrogen-bond acceptors (Lipinski definition) is 8. The summed E-state index contributed by atoms with van der Waals surface area (Å²) < 4.78 is 0. The van der Waals surface area contributed by atoms with E-state index in [9.17, 15) is 9.59 Å². The first-order chi connectivity index (χ1) is 20.3. The minimum atomic E-state index is -0.188. The summed E-state index contributed by atoms with van der Waals surface area (Å²) in [5.41, 5.74) is 1.60. The van der Waals surface area contributed by atoms with E-state index >= 15 is 0 Å². The lowest BCUT2D eigenvalue weighted by atomic mass is 10.0. The molecule has 4 rings (SSSR count). The van der Waals surface area contributed by atoms with Gasteiger partial charge in [-0.2, -0.15) is 0 Å². The van der Waals surface area contributed by atoms with Crippen molar-refractivity contribution < 1.29 is 9.59 Å². The van der Waals surface area contributed by atoms with Gasteiger partial charge in [-0.15, -0.1) is 0 Å². The number of rotatable bonds is 12. The lowest BCUT2D eigenvalue weighted by Crippen LogP contribution is -2.58. The fourth-order valence-electron chi connectivity index (χ4n) is 5.08. The van der Waals surface area contributed by atoms with Gasteiger partial charge in [0.2, 0.25) is 0 Å². The van der Waals surface area contributed by atoms with E-state index in [0.29, 0.717) is 22.0 Å². The molecule has 0 spiro atoms. The monoisotopic (exact) mass is 626 g/mol. The average Bonchev–Trinajstić information content (AvgIpc) is 3.58. The van der Waals surface area contributed by atoms with E-state index < -0.39 is 0 Å². The van der Waals surface area contributed by atoms with E-state index in [1.165, 1.54) is 0 Å². The fraction of sp³-hybridized carbons (Fsp3) is 0.714. The van der Waals surface area contributed by atoms with Crippen LogP contribution in [0.1, 0.15) is 86.0 Å². The Morgan fingerprint density at radius 1 is 0.714 bits per heavy atom. The minimum Gasteiger partial charge on any atom is -0.345 e. The van der Waals surface area contributed by atoms with Gasteiger partial charge in [-0.3, -0.25) is 9.59 Å². The second-order valence-corrected chi connectivity index (χ2v) is 11.4. The van der Waals surface area contributed by atoms with Crippen LogP contribution < -0.4 is 31.9 Å². The topological polar surface area (TPSA) is 164 Å². The van der Waals surface area contributed by atoms with Crippen LogP contribution in [0.2, 0.25) is 10.3 Å². The highest BCUT2D eigenvalue weighted by molar-refractivity contribution is 6.30. The normalized spacial score (nSPS) is 22.2. The number of aromatic nitrogens is 4. The summed E-state index contributed by atoms with van der Waals surface area (Å²) in [5.74, 6) is 0.216. The number of piperidine rings is 2. The van der Waals surface area contributed by atoms with E-state index in [1.54, 1.807) is 0 Å². The maximum atomic E-state index is 12.3. The zero-order valence-corrected chi connectivity index (χ0v) is 26.8. The third-order valence-electron chi connectivity index (χ3n) is 7.50. The van der Waals surface area contributed by atoms with E-state index in [0.717, 1.165) is 89.2 Å². The molecule has 14 heteroatoms. The molecule has 0 aliphatic carbocycles. The van der Waals surface area contributed by atoms with Crippen molar-refractivity contribution in [2.24, 2.45) is 0 Å². The Kier molecular flexibility index (Phi) is 14.5. The Balaban J connectivity index is 0.000000230. The van der Waals surface area contributed by atoms with Crippen LogP contribution in [-0.4, -0.2) is 95.2 Å². The van der Waals surface area contributed by atoms with Crippen LogP contribution in [0, 0.1) is 0 Å². The van der Waals surface area contributed by atoms with E-state index in [4.69, 9.17) is 23.2 Å². The smallest absolute Gasteiger partial charge is 0.287 e. The lowest BCUT2D eigenvalue weighted by Gasteiger charge is -2.33. The third-order valence-corrected chi connectivity index (χ3v) is 8.13. The van der Waals surface area contributed by atoms with Crippen LogP contribution in [0.5, 0.6) is 0 Å². The van der Waals surface area contributed by atoms with Crippen LogP contribution in [-0.2, 0) is 12.8 Å². The Bertz CT molecular complexity index is 1040. The van der Waals surface area contributed by atoms with Gasteiger partial charge in [0.15, 0.2) is 22.0 Å². The number of nitrogens with one attached hydrogen (secondary N) is 8. The van der Waals surface area contributed by atoms with E-state index in [2.05, 4.69) is 65.7 Å². The van der Waals surface area contributed by atoms with Crippen molar-refractivity contribution in [3.05, 3.63) is 33.3 Å². The van der Waals surface area contributed by atoms with Crippen LogP contribution >= 0.6 is 23.2 Å². The molecule has 0 aromatic carbocycles. The Morgan fingerprint density at radius 3 is 1.45 bits per heavy atom. The molecule has 2 fully saturated rings. The van der Waals surface area contributed by atoms with E-state index in [1.807, 2.05) is 13.8 Å². The average molecular weight is 628 g/mol. The number of nitrogens with zero attached hydrogens (tertiary/aromatic N) is 2. The van der Waals surface area contributed by atoms with E-state index in [-0.39, 0.29) is 36.0 Å². The van der Waals surface area contributed by atoms with Gasteiger partial charge in [-0.05, 0) is 64.7 Å². The summed E-state index contributed by atoms with van der Waals surface area (Å²) in [7, 11) is 0. The quantitative estimate of drug-likeness (QED) is 0.178. The zero-order chi connectivity index (χ0) is 30.5. The van der Waals surface area contributed by atoms with Crippen LogP contribution in [0.15, 0.2) is 0 Å². The molecule has 2 aliphatic heterocycles. The number of aryl methyl sites for hydroxylation is 2. The lowest BCUT2D eigenvalue weighted by molar-refractivity contribution is 0.0901. The zero-order valence-electron chi connectivity index (χ0n) is 25.3. The predicted octanol–water partition coefficient (Wildman–Crippen LogP) is 2.17. The highest BCUT2D eigenvalue weighted by Gasteiger charge is 2.28. The number of carbonyl (C=O) groups is 2. The highest BCUT2D eigenvalue weighted by atomic mass is 35.5. The summed E-state index contributed by atoms with van der Waals surface area (Å²) in [6.45, 7) is 13.7. The molecule has 4 heterocycles. The molecule has 12 nitrogen and oxygen atoms in total. The summed E-state index contributed by atoms with van der Waals surface area (Å²) in [6, 6.07) is 0.718. The molecule has 4 unspecified atom stereocenters. The number of hydrogen-bond donors (Lipinski definition) is 8. The van der Waals surface area contributed by atoms with Gasteiger partial charge in [-0.25, -0.2) is 9.97 Å². The number of aromatic amines is 2. The van der Waals surface area contributed by atoms with Gasteiger partial charge in [0, 0.05) is 37.3 Å². The fourth-order valence-corrected chi connectivity index (χ4v) is 5.62. The molecule has 42 heavy (non-hydrogen) atoms. The molecular formula is C28H48Cl2N10O2. The van der Waals surface area contributed by atoms with Gasteiger partial charge in [0.25, 0.3) is 11.8 Å². The first-order valence-electron chi connectivity index (χ1n) is 15.3. The number of amides is 2. The maximum Gasteiger partial charge on any atom is 0.287 e. The molecule has 2 aromatic rings. The first-order valence-corrected chi connectivity index (χ1v) is 16.0. The third kappa shape index (κ3) is 9.92. The SMILES string of the molecule is CCCNC1CNCCC1NC(=O)c1nc(Cl)c(CC)[nH]1.CCCNC1CNCCC1NC(=O)c1nc(Cl)c(CC)[nH]1. The largest absolute Gasteiger partial charge is 0.345 e. The Morgan fingerprint density at radius 2 is 1.12 bits per heavy atom. The number of halogens is 2. The van der Waals surface area contributed by atoms with Crippen molar-refractivity contribution in [1.29, 1.82) is 0 Å². The number of H-pyrrole nitrogens is 2.